The Kier molecular flexibility index (Phi) is 10.4. The highest BCUT2D eigenvalue weighted by Crippen LogP contribution is 2.33. The third-order valence-electron chi connectivity index (χ3n) is 8.05. The molecule has 0 aliphatic heterocycles. The number of aromatic hydroxyl groups is 1. The summed E-state index contributed by atoms with van der Waals surface area (Å²) in [5, 5.41) is 15.7. The maximum Gasteiger partial charge on any atom is 0.320 e. The second-order valence-corrected chi connectivity index (χ2v) is 11.3. The van der Waals surface area contributed by atoms with Gasteiger partial charge in [-0.05, 0) is 70.6 Å². The van der Waals surface area contributed by atoms with Crippen LogP contribution in [0.2, 0.25) is 0 Å². The van der Waals surface area contributed by atoms with Crippen LogP contribution in [0.4, 0.5) is 0 Å². The number of rotatable bonds is 15. The van der Waals surface area contributed by atoms with Crippen molar-refractivity contribution in [3.63, 3.8) is 0 Å². The zero-order valence-electron chi connectivity index (χ0n) is 25.7. The van der Waals surface area contributed by atoms with Crippen LogP contribution in [0, 0.1) is 5.92 Å². The van der Waals surface area contributed by atoms with Gasteiger partial charge in [-0.15, -0.1) is 0 Å². The molecule has 1 N–H and O–H groups in total. The molecule has 1 aromatic heterocycles. The fraction of sp³-hybridized carbons (Fsp3) is 0.378. The van der Waals surface area contributed by atoms with E-state index in [1.54, 1.807) is 6.07 Å². The van der Waals surface area contributed by atoms with Crippen molar-refractivity contribution < 1.29 is 14.6 Å². The summed E-state index contributed by atoms with van der Waals surface area (Å²) < 4.78 is 12.1. The Morgan fingerprint density at radius 3 is 2.16 bits per heavy atom. The van der Waals surface area contributed by atoms with Crippen LogP contribution in [0.25, 0.3) is 44.3 Å². The number of hydrogen-bond donors (Lipinski definition) is 1. The number of aromatic nitrogens is 3. The second-order valence-electron chi connectivity index (χ2n) is 11.3. The highest BCUT2D eigenvalue weighted by atomic mass is 16.5. The van der Waals surface area contributed by atoms with E-state index >= 15 is 0 Å². The summed E-state index contributed by atoms with van der Waals surface area (Å²) in [6.45, 7) is 7.76. The summed E-state index contributed by atoms with van der Waals surface area (Å²) in [6, 6.07) is 24.6. The average Bonchev–Trinajstić information content (AvgIpc) is 3.03. The Morgan fingerprint density at radius 1 is 0.674 bits per heavy atom. The van der Waals surface area contributed by atoms with Crippen LogP contribution in [0.1, 0.15) is 72.1 Å². The first-order valence-corrected chi connectivity index (χ1v) is 15.9. The number of nitrogens with zero attached hydrogens (tertiary/aromatic N) is 3. The van der Waals surface area contributed by atoms with Gasteiger partial charge in [0.25, 0.3) is 0 Å². The van der Waals surface area contributed by atoms with E-state index in [2.05, 4.69) is 74.3 Å². The van der Waals surface area contributed by atoms with E-state index in [1.165, 1.54) is 30.0 Å². The van der Waals surface area contributed by atoms with Gasteiger partial charge in [-0.1, -0.05) is 95.7 Å². The Hall–Kier alpha value is -4.19. The molecular formula is C37H43N3O3. The van der Waals surface area contributed by atoms with Crippen LogP contribution in [0.3, 0.4) is 0 Å². The third kappa shape index (κ3) is 7.81. The van der Waals surface area contributed by atoms with Crippen LogP contribution in [0.15, 0.2) is 72.8 Å². The molecule has 0 spiro atoms. The van der Waals surface area contributed by atoms with Crippen molar-refractivity contribution in [3.8, 4) is 40.3 Å². The Morgan fingerprint density at radius 2 is 1.42 bits per heavy atom. The summed E-state index contributed by atoms with van der Waals surface area (Å²) in [5.74, 6) is 2.08. The van der Waals surface area contributed by atoms with Crippen molar-refractivity contribution in [1.82, 2.24) is 15.0 Å². The summed E-state index contributed by atoms with van der Waals surface area (Å²) in [4.78, 5) is 14.1. The first kappa shape index (κ1) is 30.3. The van der Waals surface area contributed by atoms with E-state index in [0.717, 1.165) is 48.4 Å². The van der Waals surface area contributed by atoms with E-state index in [9.17, 15) is 5.11 Å². The largest absolute Gasteiger partial charge is 0.507 e. The van der Waals surface area contributed by atoms with Gasteiger partial charge in [-0.25, -0.2) is 4.98 Å². The fourth-order valence-corrected chi connectivity index (χ4v) is 5.34. The molecule has 1 heterocycles. The SMILES string of the molecule is CCCCCCOc1nc(-c2ccc3cc4ccccc4cc3c2)nc(-c2ccc(OCC(CC)CCCC)cc2O)n1. The molecule has 224 valence electrons. The van der Waals surface area contributed by atoms with Gasteiger partial charge >= 0.3 is 6.01 Å². The van der Waals surface area contributed by atoms with Crippen molar-refractivity contribution in [2.75, 3.05) is 13.2 Å². The van der Waals surface area contributed by atoms with Crippen molar-refractivity contribution in [3.05, 3.63) is 72.8 Å². The molecule has 1 unspecified atom stereocenters. The highest BCUT2D eigenvalue weighted by Gasteiger charge is 2.16. The van der Waals surface area contributed by atoms with Crippen LogP contribution in [-0.2, 0) is 0 Å². The second kappa shape index (κ2) is 14.8. The molecule has 1 atom stereocenters. The zero-order chi connectivity index (χ0) is 30.0. The van der Waals surface area contributed by atoms with Gasteiger partial charge in [0.15, 0.2) is 11.6 Å². The first-order valence-electron chi connectivity index (χ1n) is 15.9. The van der Waals surface area contributed by atoms with E-state index in [0.29, 0.717) is 42.1 Å². The molecule has 0 fully saturated rings. The Labute approximate surface area is 255 Å². The molecule has 43 heavy (non-hydrogen) atoms. The van der Waals surface area contributed by atoms with E-state index < -0.39 is 0 Å². The lowest BCUT2D eigenvalue weighted by atomic mass is 10.0. The lowest BCUT2D eigenvalue weighted by molar-refractivity contribution is 0.232. The van der Waals surface area contributed by atoms with Gasteiger partial charge in [0.2, 0.25) is 0 Å². The molecule has 5 aromatic rings. The standard InChI is InChI=1S/C37H43N3O3/c1-4-7-9-12-20-42-37-39-35(30-17-16-29-21-27-14-10-11-15-28(27)22-31(29)23-30)38-36(40-37)33-19-18-32(24-34(33)41)43-25-26(6-3)13-8-5-2/h10-11,14-19,21-24,26,41H,4-9,12-13,20,25H2,1-3H3. The molecule has 6 heteroatoms. The minimum absolute atomic E-state index is 0.0649. The summed E-state index contributed by atoms with van der Waals surface area (Å²) in [5.41, 5.74) is 1.37. The molecule has 0 aliphatic rings. The Balaban J connectivity index is 1.45. The molecule has 6 nitrogen and oxygen atoms in total. The fourth-order valence-electron chi connectivity index (χ4n) is 5.34. The average molecular weight is 578 g/mol. The molecule has 0 bridgehead atoms. The highest BCUT2D eigenvalue weighted by molar-refractivity contribution is 5.99. The normalized spacial score (nSPS) is 12.1. The number of phenols is 1. The number of fused-ring (bicyclic) bond motifs is 2. The van der Waals surface area contributed by atoms with Crippen LogP contribution in [0.5, 0.6) is 17.5 Å². The smallest absolute Gasteiger partial charge is 0.320 e. The number of unbranched alkanes of at least 4 members (excludes halogenated alkanes) is 4. The van der Waals surface area contributed by atoms with Crippen molar-refractivity contribution >= 4 is 21.5 Å². The quantitative estimate of drug-likeness (QED) is 0.0986. The third-order valence-corrected chi connectivity index (χ3v) is 8.05. The van der Waals surface area contributed by atoms with Crippen molar-refractivity contribution in [2.45, 2.75) is 72.1 Å². The topological polar surface area (TPSA) is 77.4 Å². The summed E-state index contributed by atoms with van der Waals surface area (Å²) >= 11 is 0. The van der Waals surface area contributed by atoms with E-state index in [-0.39, 0.29) is 11.8 Å². The van der Waals surface area contributed by atoms with Gasteiger partial charge in [0.1, 0.15) is 11.5 Å². The maximum absolute atomic E-state index is 11.1. The molecule has 5 rings (SSSR count). The molecule has 0 saturated carbocycles. The van der Waals surface area contributed by atoms with Gasteiger partial charge in [0.05, 0.1) is 18.8 Å². The van der Waals surface area contributed by atoms with Crippen LogP contribution < -0.4 is 9.47 Å². The van der Waals surface area contributed by atoms with Crippen LogP contribution >= 0.6 is 0 Å². The van der Waals surface area contributed by atoms with Crippen LogP contribution in [-0.4, -0.2) is 33.3 Å². The first-order chi connectivity index (χ1) is 21.1. The summed E-state index contributed by atoms with van der Waals surface area (Å²) in [7, 11) is 0. The number of phenolic OH excluding ortho intramolecular Hbond substituents is 1. The summed E-state index contributed by atoms with van der Waals surface area (Å²) in [6.07, 6.45) is 8.96. The predicted molar refractivity (Wildman–Crippen MR) is 176 cm³/mol. The van der Waals surface area contributed by atoms with E-state index in [1.807, 2.05) is 18.2 Å². The number of hydrogen-bond acceptors (Lipinski definition) is 6. The number of benzene rings is 4. The van der Waals surface area contributed by atoms with Gasteiger partial charge in [-0.3, -0.25) is 0 Å². The monoisotopic (exact) mass is 577 g/mol. The molecular weight excluding hydrogens is 534 g/mol. The van der Waals surface area contributed by atoms with Crippen molar-refractivity contribution in [2.24, 2.45) is 5.92 Å². The molecule has 0 amide bonds. The van der Waals surface area contributed by atoms with Gasteiger partial charge in [-0.2, -0.15) is 9.97 Å². The molecule has 0 aliphatic carbocycles. The Bertz CT molecular complexity index is 1650. The van der Waals surface area contributed by atoms with Crippen molar-refractivity contribution in [1.29, 1.82) is 0 Å². The van der Waals surface area contributed by atoms with Gasteiger partial charge in [0, 0.05) is 11.6 Å². The molecule has 0 radical (unpaired) electrons. The molecule has 0 saturated heterocycles. The lowest BCUT2D eigenvalue weighted by Gasteiger charge is -2.16. The van der Waals surface area contributed by atoms with Gasteiger partial charge < -0.3 is 14.6 Å². The predicted octanol–water partition coefficient (Wildman–Crippen LogP) is 9.77. The van der Waals surface area contributed by atoms with E-state index in [4.69, 9.17) is 19.4 Å². The minimum Gasteiger partial charge on any atom is -0.507 e. The minimum atomic E-state index is 0.0649. The maximum atomic E-state index is 11.1. The zero-order valence-corrected chi connectivity index (χ0v) is 25.7. The lowest BCUT2D eigenvalue weighted by Crippen LogP contribution is -2.11. The number of ether oxygens (including phenoxy) is 2. The molecule has 4 aromatic carbocycles.